The highest BCUT2D eigenvalue weighted by atomic mass is 16.5. The summed E-state index contributed by atoms with van der Waals surface area (Å²) in [5, 5.41) is 3.58. The highest BCUT2D eigenvalue weighted by molar-refractivity contribution is 4.84. The van der Waals surface area contributed by atoms with Crippen molar-refractivity contribution in [3.05, 3.63) is 0 Å². The van der Waals surface area contributed by atoms with Crippen molar-refractivity contribution in [1.82, 2.24) is 10.2 Å². The summed E-state index contributed by atoms with van der Waals surface area (Å²) in [7, 11) is 0. The summed E-state index contributed by atoms with van der Waals surface area (Å²) in [4.78, 5) is 2.62. The van der Waals surface area contributed by atoms with Gasteiger partial charge in [0.15, 0.2) is 0 Å². The number of morpholine rings is 1. The molecule has 0 aromatic rings. The van der Waals surface area contributed by atoms with Crippen molar-refractivity contribution in [2.24, 2.45) is 0 Å². The van der Waals surface area contributed by atoms with E-state index in [-0.39, 0.29) is 0 Å². The van der Waals surface area contributed by atoms with Crippen LogP contribution in [-0.4, -0.2) is 49.3 Å². The van der Waals surface area contributed by atoms with E-state index in [0.717, 1.165) is 38.7 Å². The van der Waals surface area contributed by atoms with E-state index >= 15 is 0 Å². The van der Waals surface area contributed by atoms with E-state index < -0.39 is 0 Å². The summed E-state index contributed by atoms with van der Waals surface area (Å²) in [6.07, 6.45) is 4.29. The molecule has 2 heterocycles. The fraction of sp³-hybridized carbons (Fsp3) is 1.00. The predicted molar refractivity (Wildman–Crippen MR) is 62.1 cm³/mol. The summed E-state index contributed by atoms with van der Waals surface area (Å²) in [6, 6.07) is 1.46. The number of hydrogen-bond acceptors (Lipinski definition) is 3. The Bertz CT molecular complexity index is 190. The average molecular weight is 212 g/mol. The fourth-order valence-electron chi connectivity index (χ4n) is 2.62. The van der Waals surface area contributed by atoms with E-state index in [1.165, 1.54) is 12.8 Å². The first-order valence-corrected chi connectivity index (χ1v) is 6.38. The summed E-state index contributed by atoms with van der Waals surface area (Å²) in [5.74, 6) is 0. The maximum absolute atomic E-state index is 5.71. The van der Waals surface area contributed by atoms with E-state index in [1.807, 2.05) is 0 Å². The summed E-state index contributed by atoms with van der Waals surface area (Å²) in [5.41, 5.74) is 0. The minimum Gasteiger partial charge on any atom is -0.376 e. The molecule has 3 nitrogen and oxygen atoms in total. The Hall–Kier alpha value is -0.120. The molecule has 2 rings (SSSR count). The van der Waals surface area contributed by atoms with Gasteiger partial charge in [0.1, 0.15) is 0 Å². The van der Waals surface area contributed by atoms with Crippen molar-refractivity contribution < 1.29 is 4.74 Å². The van der Waals surface area contributed by atoms with Crippen LogP contribution < -0.4 is 5.32 Å². The van der Waals surface area contributed by atoms with Gasteiger partial charge in [0.2, 0.25) is 0 Å². The summed E-state index contributed by atoms with van der Waals surface area (Å²) >= 11 is 0. The second-order valence-corrected chi connectivity index (χ2v) is 4.94. The molecule has 3 atom stereocenters. The summed E-state index contributed by atoms with van der Waals surface area (Å²) in [6.45, 7) is 8.84. The van der Waals surface area contributed by atoms with Crippen LogP contribution in [0.4, 0.5) is 0 Å². The van der Waals surface area contributed by atoms with Gasteiger partial charge in [-0.15, -0.1) is 0 Å². The SMILES string of the molecule is CCC1CN(C2CCC(C)NC2)CCO1. The van der Waals surface area contributed by atoms with Gasteiger partial charge in [-0.25, -0.2) is 0 Å². The fourth-order valence-corrected chi connectivity index (χ4v) is 2.62. The number of nitrogens with one attached hydrogen (secondary N) is 1. The average Bonchev–Trinajstić information content (AvgIpc) is 2.30. The highest BCUT2D eigenvalue weighted by Crippen LogP contribution is 2.17. The Morgan fingerprint density at radius 3 is 2.93 bits per heavy atom. The number of hydrogen-bond donors (Lipinski definition) is 1. The van der Waals surface area contributed by atoms with Gasteiger partial charge in [0.05, 0.1) is 12.7 Å². The molecule has 2 saturated heterocycles. The Labute approximate surface area is 93.2 Å². The minimum atomic E-state index is 0.470. The van der Waals surface area contributed by atoms with E-state index in [9.17, 15) is 0 Å². The lowest BCUT2D eigenvalue weighted by atomic mass is 9.99. The third-order valence-corrected chi connectivity index (χ3v) is 3.78. The van der Waals surface area contributed by atoms with Crippen LogP contribution in [0.3, 0.4) is 0 Å². The molecule has 0 aromatic carbocycles. The lowest BCUT2D eigenvalue weighted by molar-refractivity contribution is -0.0482. The number of nitrogens with zero attached hydrogens (tertiary/aromatic N) is 1. The lowest BCUT2D eigenvalue weighted by Gasteiger charge is -2.41. The normalized spacial score (nSPS) is 39.2. The van der Waals surface area contributed by atoms with E-state index in [4.69, 9.17) is 4.74 Å². The quantitative estimate of drug-likeness (QED) is 0.745. The first-order valence-electron chi connectivity index (χ1n) is 6.38. The zero-order valence-electron chi connectivity index (χ0n) is 10.0. The molecular formula is C12H24N2O. The van der Waals surface area contributed by atoms with Crippen LogP contribution in [0.2, 0.25) is 0 Å². The first kappa shape index (κ1) is 11.4. The monoisotopic (exact) mass is 212 g/mol. The van der Waals surface area contributed by atoms with Crippen molar-refractivity contribution in [3.8, 4) is 0 Å². The van der Waals surface area contributed by atoms with Crippen molar-refractivity contribution in [1.29, 1.82) is 0 Å². The second kappa shape index (κ2) is 5.28. The lowest BCUT2D eigenvalue weighted by Crippen LogP contribution is -2.54. The van der Waals surface area contributed by atoms with Crippen molar-refractivity contribution >= 4 is 0 Å². The van der Waals surface area contributed by atoms with E-state index in [2.05, 4.69) is 24.1 Å². The topological polar surface area (TPSA) is 24.5 Å². The number of ether oxygens (including phenoxy) is 1. The standard InChI is InChI=1S/C12H24N2O/c1-3-12-9-14(6-7-15-12)11-5-4-10(2)13-8-11/h10-13H,3-9H2,1-2H3. The molecular weight excluding hydrogens is 188 g/mol. The molecule has 2 aliphatic rings. The predicted octanol–water partition coefficient (Wildman–Crippen LogP) is 1.24. The van der Waals surface area contributed by atoms with E-state index in [1.54, 1.807) is 0 Å². The zero-order valence-corrected chi connectivity index (χ0v) is 10.0. The van der Waals surface area contributed by atoms with Gasteiger partial charge in [-0.2, -0.15) is 0 Å². The summed E-state index contributed by atoms with van der Waals surface area (Å²) < 4.78 is 5.71. The molecule has 3 unspecified atom stereocenters. The number of piperidine rings is 1. The molecule has 1 N–H and O–H groups in total. The molecule has 2 fully saturated rings. The third-order valence-electron chi connectivity index (χ3n) is 3.78. The van der Waals surface area contributed by atoms with Crippen LogP contribution in [0.15, 0.2) is 0 Å². The van der Waals surface area contributed by atoms with Gasteiger partial charge in [-0.3, -0.25) is 4.90 Å². The molecule has 0 aromatic heterocycles. The maximum Gasteiger partial charge on any atom is 0.0700 e. The Morgan fingerprint density at radius 1 is 1.40 bits per heavy atom. The molecule has 0 amide bonds. The van der Waals surface area contributed by atoms with Crippen molar-refractivity contribution in [2.45, 2.75) is 51.3 Å². The van der Waals surface area contributed by atoms with Crippen molar-refractivity contribution in [2.75, 3.05) is 26.2 Å². The van der Waals surface area contributed by atoms with Crippen LogP contribution in [0.1, 0.15) is 33.1 Å². The smallest absolute Gasteiger partial charge is 0.0700 e. The molecule has 0 bridgehead atoms. The molecule has 15 heavy (non-hydrogen) atoms. The van der Waals surface area contributed by atoms with E-state index in [0.29, 0.717) is 12.1 Å². The van der Waals surface area contributed by atoms with Gasteiger partial charge >= 0.3 is 0 Å². The van der Waals surface area contributed by atoms with Crippen LogP contribution in [0.5, 0.6) is 0 Å². The zero-order chi connectivity index (χ0) is 10.7. The Balaban J connectivity index is 1.82. The molecule has 0 aliphatic carbocycles. The molecule has 88 valence electrons. The molecule has 0 spiro atoms. The highest BCUT2D eigenvalue weighted by Gasteiger charge is 2.27. The van der Waals surface area contributed by atoms with Gasteiger partial charge in [-0.1, -0.05) is 6.92 Å². The van der Waals surface area contributed by atoms with Gasteiger partial charge in [0.25, 0.3) is 0 Å². The Kier molecular flexibility index (Phi) is 4.00. The minimum absolute atomic E-state index is 0.470. The second-order valence-electron chi connectivity index (χ2n) is 4.94. The van der Waals surface area contributed by atoms with Crippen LogP contribution >= 0.6 is 0 Å². The first-order chi connectivity index (χ1) is 7.29. The molecule has 0 radical (unpaired) electrons. The molecule has 3 heteroatoms. The van der Waals surface area contributed by atoms with Crippen LogP contribution in [0.25, 0.3) is 0 Å². The van der Waals surface area contributed by atoms with Gasteiger partial charge in [0, 0.05) is 31.7 Å². The van der Waals surface area contributed by atoms with Gasteiger partial charge < -0.3 is 10.1 Å². The molecule has 2 aliphatic heterocycles. The number of rotatable bonds is 2. The van der Waals surface area contributed by atoms with Crippen molar-refractivity contribution in [3.63, 3.8) is 0 Å². The van der Waals surface area contributed by atoms with Gasteiger partial charge in [-0.05, 0) is 26.2 Å². The Morgan fingerprint density at radius 2 is 2.27 bits per heavy atom. The largest absolute Gasteiger partial charge is 0.376 e. The van der Waals surface area contributed by atoms with Crippen LogP contribution in [-0.2, 0) is 4.74 Å². The third kappa shape index (κ3) is 2.92. The maximum atomic E-state index is 5.71. The molecule has 0 saturated carbocycles. The van der Waals surface area contributed by atoms with Crippen LogP contribution in [0, 0.1) is 0 Å².